The summed E-state index contributed by atoms with van der Waals surface area (Å²) in [6.07, 6.45) is 1.30. The number of aromatic amines is 1. The summed E-state index contributed by atoms with van der Waals surface area (Å²) in [5, 5.41) is 0. The summed E-state index contributed by atoms with van der Waals surface area (Å²) in [5.74, 6) is 4.17. The van der Waals surface area contributed by atoms with E-state index < -0.39 is 0 Å². The first kappa shape index (κ1) is 13.1. The number of hydrogen-bond donors (Lipinski definition) is 1. The van der Waals surface area contributed by atoms with Gasteiger partial charge >= 0.3 is 0 Å². The molecule has 5 heteroatoms. The van der Waals surface area contributed by atoms with Crippen molar-refractivity contribution in [1.82, 2.24) is 9.55 Å². The number of rotatable bonds is 4. The van der Waals surface area contributed by atoms with Gasteiger partial charge in [-0.15, -0.1) is 0 Å². The van der Waals surface area contributed by atoms with Gasteiger partial charge in [-0.1, -0.05) is 6.07 Å². The molecule has 3 rings (SSSR count). The number of H-pyrrole nitrogens is 1. The lowest BCUT2D eigenvalue weighted by Crippen LogP contribution is -2.09. The van der Waals surface area contributed by atoms with Crippen molar-refractivity contribution in [2.75, 3.05) is 18.1 Å². The van der Waals surface area contributed by atoms with Crippen LogP contribution in [0.5, 0.6) is 5.75 Å². The average molecular weight is 294 g/mol. The Labute approximate surface area is 122 Å². The van der Waals surface area contributed by atoms with Crippen LogP contribution < -0.4 is 4.74 Å². The molecule has 1 N–H and O–H groups in total. The molecule has 1 saturated heterocycles. The summed E-state index contributed by atoms with van der Waals surface area (Å²) in [6.45, 7) is 3.69. The Bertz CT molecular complexity index is 626. The van der Waals surface area contributed by atoms with Crippen LogP contribution in [-0.2, 0) is 6.54 Å². The van der Waals surface area contributed by atoms with Crippen molar-refractivity contribution in [3.05, 3.63) is 23.0 Å². The minimum Gasteiger partial charge on any atom is -0.492 e. The molecule has 1 aromatic heterocycles. The topological polar surface area (TPSA) is 29.9 Å². The molecule has 2 heterocycles. The number of hydrogen-bond acceptors (Lipinski definition) is 3. The molecule has 0 saturated carbocycles. The van der Waals surface area contributed by atoms with E-state index in [2.05, 4.69) is 15.6 Å². The Morgan fingerprint density at radius 1 is 1.53 bits per heavy atom. The average Bonchev–Trinajstić information content (AvgIpc) is 3.01. The lowest BCUT2D eigenvalue weighted by molar-refractivity contribution is 0.343. The van der Waals surface area contributed by atoms with Crippen LogP contribution in [0.25, 0.3) is 11.0 Å². The van der Waals surface area contributed by atoms with Crippen molar-refractivity contribution in [2.24, 2.45) is 5.92 Å². The highest BCUT2D eigenvalue weighted by atomic mass is 32.2. The summed E-state index contributed by atoms with van der Waals surface area (Å²) >= 11 is 7.52. The monoisotopic (exact) mass is 294 g/mol. The largest absolute Gasteiger partial charge is 0.492 e. The van der Waals surface area contributed by atoms with Gasteiger partial charge in [0.05, 0.1) is 12.1 Å². The van der Waals surface area contributed by atoms with E-state index in [1.54, 1.807) is 0 Å². The van der Waals surface area contributed by atoms with E-state index >= 15 is 0 Å². The summed E-state index contributed by atoms with van der Waals surface area (Å²) in [7, 11) is 0. The maximum Gasteiger partial charge on any atom is 0.178 e. The second kappa shape index (κ2) is 5.59. The molecule has 0 radical (unpaired) electrons. The van der Waals surface area contributed by atoms with E-state index in [0.29, 0.717) is 6.61 Å². The standard InChI is InChI=1S/C14H18N2OS2/c1-2-17-12-5-3-4-11-13(12)15-14(18)16(11)8-10-6-7-19-9-10/h3-5,10H,2,6-9H2,1H3,(H,15,18). The Morgan fingerprint density at radius 2 is 2.42 bits per heavy atom. The molecule has 1 aliphatic heterocycles. The molecule has 1 aromatic carbocycles. The van der Waals surface area contributed by atoms with Crippen LogP contribution in [0.2, 0.25) is 0 Å². The molecule has 102 valence electrons. The van der Waals surface area contributed by atoms with Crippen molar-refractivity contribution in [1.29, 1.82) is 0 Å². The summed E-state index contributed by atoms with van der Waals surface area (Å²) in [6, 6.07) is 6.15. The normalized spacial score (nSPS) is 19.1. The maximum absolute atomic E-state index is 5.66. The number of benzene rings is 1. The number of imidazole rings is 1. The lowest BCUT2D eigenvalue weighted by atomic mass is 10.1. The van der Waals surface area contributed by atoms with Crippen LogP contribution >= 0.6 is 24.0 Å². The summed E-state index contributed by atoms with van der Waals surface area (Å²) < 4.78 is 8.69. The number of para-hydroxylation sites is 1. The molecule has 3 nitrogen and oxygen atoms in total. The number of thioether (sulfide) groups is 1. The van der Waals surface area contributed by atoms with Crippen LogP contribution in [0.15, 0.2) is 18.2 Å². The second-order valence-corrected chi connectivity index (χ2v) is 6.39. The molecule has 1 unspecified atom stereocenters. The molecule has 0 amide bonds. The highest BCUT2D eigenvalue weighted by Crippen LogP contribution is 2.29. The van der Waals surface area contributed by atoms with Gasteiger partial charge in [-0.2, -0.15) is 11.8 Å². The quantitative estimate of drug-likeness (QED) is 0.869. The Balaban J connectivity index is 2.01. The molecular weight excluding hydrogens is 276 g/mol. The van der Waals surface area contributed by atoms with Gasteiger partial charge in [-0.25, -0.2) is 0 Å². The first-order valence-electron chi connectivity index (χ1n) is 6.71. The van der Waals surface area contributed by atoms with E-state index in [0.717, 1.165) is 34.0 Å². The fraction of sp³-hybridized carbons (Fsp3) is 0.500. The van der Waals surface area contributed by atoms with Gasteiger partial charge in [0.15, 0.2) is 4.77 Å². The maximum atomic E-state index is 5.66. The number of nitrogens with zero attached hydrogens (tertiary/aromatic N) is 1. The smallest absolute Gasteiger partial charge is 0.178 e. The Hall–Kier alpha value is -0.940. The number of fused-ring (bicyclic) bond motifs is 1. The van der Waals surface area contributed by atoms with E-state index in [9.17, 15) is 0 Å². The van der Waals surface area contributed by atoms with Gasteiger partial charge in [0.25, 0.3) is 0 Å². The van der Waals surface area contributed by atoms with Gasteiger partial charge in [0.1, 0.15) is 11.3 Å². The van der Waals surface area contributed by atoms with Gasteiger partial charge in [-0.3, -0.25) is 0 Å². The van der Waals surface area contributed by atoms with Crippen LogP contribution in [0.4, 0.5) is 0 Å². The molecule has 2 aromatic rings. The van der Waals surface area contributed by atoms with Gasteiger partial charge in [0, 0.05) is 6.54 Å². The van der Waals surface area contributed by atoms with Gasteiger partial charge < -0.3 is 14.3 Å². The molecule has 1 atom stereocenters. The summed E-state index contributed by atoms with van der Waals surface area (Å²) in [4.78, 5) is 3.30. The zero-order valence-corrected chi connectivity index (χ0v) is 12.6. The van der Waals surface area contributed by atoms with Crippen LogP contribution in [0, 0.1) is 10.7 Å². The SMILES string of the molecule is CCOc1cccc2c1[nH]c(=S)n2CC1CCSC1. The van der Waals surface area contributed by atoms with Gasteiger partial charge in [0.2, 0.25) is 0 Å². The molecule has 0 aliphatic carbocycles. The first-order valence-corrected chi connectivity index (χ1v) is 8.28. The Kier molecular flexibility index (Phi) is 3.84. The van der Waals surface area contributed by atoms with E-state index in [-0.39, 0.29) is 0 Å². The molecular formula is C14H18N2OS2. The summed E-state index contributed by atoms with van der Waals surface area (Å²) in [5.41, 5.74) is 2.19. The van der Waals surface area contributed by atoms with Gasteiger partial charge in [-0.05, 0) is 55.1 Å². The van der Waals surface area contributed by atoms with Crippen LogP contribution in [0.3, 0.4) is 0 Å². The Morgan fingerprint density at radius 3 is 3.16 bits per heavy atom. The highest BCUT2D eigenvalue weighted by Gasteiger charge is 2.18. The predicted octanol–water partition coefficient (Wildman–Crippen LogP) is 3.85. The van der Waals surface area contributed by atoms with Crippen LogP contribution in [-0.4, -0.2) is 27.7 Å². The lowest BCUT2D eigenvalue weighted by Gasteiger charge is -2.10. The minimum absolute atomic E-state index is 0.671. The van der Waals surface area contributed by atoms with Crippen molar-refractivity contribution in [3.63, 3.8) is 0 Å². The highest BCUT2D eigenvalue weighted by molar-refractivity contribution is 7.99. The van der Waals surface area contributed by atoms with E-state index in [4.69, 9.17) is 17.0 Å². The first-order chi connectivity index (χ1) is 9.29. The van der Waals surface area contributed by atoms with Crippen molar-refractivity contribution in [2.45, 2.75) is 19.9 Å². The predicted molar refractivity (Wildman–Crippen MR) is 83.7 cm³/mol. The minimum atomic E-state index is 0.671. The van der Waals surface area contributed by atoms with Crippen molar-refractivity contribution < 1.29 is 4.74 Å². The molecule has 1 aliphatic rings. The molecule has 0 spiro atoms. The fourth-order valence-electron chi connectivity index (χ4n) is 2.60. The zero-order chi connectivity index (χ0) is 13.2. The number of aromatic nitrogens is 2. The molecule has 0 bridgehead atoms. The van der Waals surface area contributed by atoms with Crippen molar-refractivity contribution in [3.8, 4) is 5.75 Å². The van der Waals surface area contributed by atoms with Crippen LogP contribution in [0.1, 0.15) is 13.3 Å². The third-order valence-corrected chi connectivity index (χ3v) is 5.09. The molecule has 1 fully saturated rings. The van der Waals surface area contributed by atoms with Crippen molar-refractivity contribution >= 4 is 35.0 Å². The third-order valence-electron chi connectivity index (χ3n) is 3.54. The van der Waals surface area contributed by atoms with E-state index in [1.165, 1.54) is 17.9 Å². The third kappa shape index (κ3) is 2.54. The number of ether oxygens (including phenoxy) is 1. The fourth-order valence-corrected chi connectivity index (χ4v) is 4.14. The molecule has 19 heavy (non-hydrogen) atoms. The second-order valence-electron chi connectivity index (χ2n) is 4.85. The van der Waals surface area contributed by atoms with E-state index in [1.807, 2.05) is 30.8 Å². The number of nitrogens with one attached hydrogen (secondary N) is 1. The zero-order valence-electron chi connectivity index (χ0n) is 11.0.